The molecule has 0 bridgehead atoms. The van der Waals surface area contributed by atoms with Gasteiger partial charge in [-0.25, -0.2) is 12.8 Å². The molecule has 6 nitrogen and oxygen atoms in total. The second-order valence-electron chi connectivity index (χ2n) is 6.21. The molecule has 0 aliphatic rings. The van der Waals surface area contributed by atoms with Crippen LogP contribution in [0.5, 0.6) is 5.75 Å². The van der Waals surface area contributed by atoms with Gasteiger partial charge in [0.1, 0.15) is 16.8 Å². The molecule has 150 valence electrons. The Morgan fingerprint density at radius 1 is 1.10 bits per heavy atom. The summed E-state index contributed by atoms with van der Waals surface area (Å²) in [5, 5.41) is 1.58. The van der Waals surface area contributed by atoms with Crippen LogP contribution in [-0.4, -0.2) is 33.0 Å². The molecular weight excluding hydrogens is 395 g/mol. The second-order valence-corrected chi connectivity index (χ2v) is 8.34. The minimum absolute atomic E-state index is 0.0357. The van der Waals surface area contributed by atoms with Crippen molar-refractivity contribution in [3.63, 3.8) is 0 Å². The number of benzene rings is 2. The molecular formula is C21H19FN2O4S. The number of pyridine rings is 1. The monoisotopic (exact) mass is 414 g/mol. The van der Waals surface area contributed by atoms with Crippen LogP contribution in [0.25, 0.3) is 0 Å². The molecule has 1 atom stereocenters. The van der Waals surface area contributed by atoms with Gasteiger partial charge < -0.3 is 10.1 Å². The second kappa shape index (κ2) is 8.83. The van der Waals surface area contributed by atoms with Crippen molar-refractivity contribution in [2.24, 2.45) is 0 Å². The smallest absolute Gasteiger partial charge is 0.251 e. The van der Waals surface area contributed by atoms with Gasteiger partial charge in [0.2, 0.25) is 0 Å². The van der Waals surface area contributed by atoms with Gasteiger partial charge in [-0.15, -0.1) is 0 Å². The van der Waals surface area contributed by atoms with Crippen LogP contribution in [0.4, 0.5) is 4.39 Å². The first-order valence-electron chi connectivity index (χ1n) is 8.73. The number of amides is 1. The Kier molecular flexibility index (Phi) is 6.23. The Bertz CT molecular complexity index is 1070. The molecule has 0 fully saturated rings. The maximum atomic E-state index is 13.2. The van der Waals surface area contributed by atoms with E-state index in [2.05, 4.69) is 10.3 Å². The van der Waals surface area contributed by atoms with Crippen LogP contribution in [0.3, 0.4) is 0 Å². The molecule has 0 radical (unpaired) electrons. The lowest BCUT2D eigenvalue weighted by molar-refractivity contribution is 0.0953. The fourth-order valence-electron chi connectivity index (χ4n) is 2.79. The third kappa shape index (κ3) is 4.78. The van der Waals surface area contributed by atoms with Crippen LogP contribution in [0, 0.1) is 5.82 Å². The van der Waals surface area contributed by atoms with Crippen molar-refractivity contribution < 1.29 is 22.3 Å². The lowest BCUT2D eigenvalue weighted by atomic mass is 10.2. The predicted molar refractivity (Wildman–Crippen MR) is 106 cm³/mol. The van der Waals surface area contributed by atoms with Crippen molar-refractivity contribution in [3.8, 4) is 5.75 Å². The molecule has 0 aliphatic heterocycles. The third-order valence-corrected chi connectivity index (χ3v) is 6.49. The number of carbonyl (C=O) groups excluding carboxylic acids is 1. The predicted octanol–water partition coefficient (Wildman–Crippen LogP) is 3.17. The van der Waals surface area contributed by atoms with E-state index < -0.39 is 26.8 Å². The van der Waals surface area contributed by atoms with Gasteiger partial charge in [0.15, 0.2) is 9.84 Å². The topological polar surface area (TPSA) is 85.4 Å². The lowest BCUT2D eigenvalue weighted by Crippen LogP contribution is -2.32. The van der Waals surface area contributed by atoms with E-state index in [0.717, 1.165) is 12.1 Å². The molecule has 0 saturated carbocycles. The van der Waals surface area contributed by atoms with Gasteiger partial charge in [-0.05, 0) is 60.2 Å². The van der Waals surface area contributed by atoms with Gasteiger partial charge in [-0.1, -0.05) is 6.07 Å². The Balaban J connectivity index is 1.86. The van der Waals surface area contributed by atoms with Crippen LogP contribution in [0.15, 0.2) is 78.0 Å². The zero-order valence-electron chi connectivity index (χ0n) is 15.6. The lowest BCUT2D eigenvalue weighted by Gasteiger charge is -2.19. The van der Waals surface area contributed by atoms with Gasteiger partial charge in [0, 0.05) is 24.5 Å². The van der Waals surface area contributed by atoms with Crippen molar-refractivity contribution >= 4 is 15.7 Å². The molecule has 2 aromatic carbocycles. The number of rotatable bonds is 7. The molecule has 3 aromatic rings. The first-order chi connectivity index (χ1) is 13.9. The highest BCUT2D eigenvalue weighted by Gasteiger charge is 2.30. The van der Waals surface area contributed by atoms with E-state index in [0.29, 0.717) is 16.9 Å². The maximum absolute atomic E-state index is 13.2. The summed E-state index contributed by atoms with van der Waals surface area (Å²) in [5.74, 6) is -0.348. The summed E-state index contributed by atoms with van der Waals surface area (Å²) in [5.41, 5.74) is 0.793. The van der Waals surface area contributed by atoms with Crippen molar-refractivity contribution in [3.05, 3.63) is 90.0 Å². The van der Waals surface area contributed by atoms with E-state index in [1.165, 1.54) is 31.6 Å². The molecule has 1 N–H and O–H groups in total. The van der Waals surface area contributed by atoms with Crippen molar-refractivity contribution in [1.82, 2.24) is 10.3 Å². The first-order valence-corrected chi connectivity index (χ1v) is 10.3. The molecule has 0 aliphatic carbocycles. The van der Waals surface area contributed by atoms with E-state index in [1.54, 1.807) is 36.4 Å². The number of halogens is 1. The summed E-state index contributed by atoms with van der Waals surface area (Å²) in [7, 11) is -2.38. The highest BCUT2D eigenvalue weighted by atomic mass is 32.2. The molecule has 29 heavy (non-hydrogen) atoms. The number of ether oxygens (including phenoxy) is 1. The van der Waals surface area contributed by atoms with Gasteiger partial charge in [0.05, 0.1) is 12.0 Å². The summed E-state index contributed by atoms with van der Waals surface area (Å²) in [6.07, 6.45) is 2.96. The quantitative estimate of drug-likeness (QED) is 0.600. The molecule has 0 spiro atoms. The molecule has 0 unspecified atom stereocenters. The van der Waals surface area contributed by atoms with Crippen molar-refractivity contribution in [2.75, 3.05) is 13.7 Å². The van der Waals surface area contributed by atoms with Crippen molar-refractivity contribution in [1.29, 1.82) is 0 Å². The minimum Gasteiger partial charge on any atom is -0.497 e. The Morgan fingerprint density at radius 2 is 1.79 bits per heavy atom. The number of hydrogen-bond acceptors (Lipinski definition) is 5. The number of nitrogens with zero attached hydrogens (tertiary/aromatic N) is 1. The summed E-state index contributed by atoms with van der Waals surface area (Å²) >= 11 is 0. The fraction of sp³-hybridized carbons (Fsp3) is 0.143. The highest BCUT2D eigenvalue weighted by molar-refractivity contribution is 7.91. The SMILES string of the molecule is COc1ccc(C(=O)NC[C@H](c2cccnc2)S(=O)(=O)c2ccc(F)cc2)cc1. The Hall–Kier alpha value is -3.26. The zero-order chi connectivity index (χ0) is 20.9. The van der Waals surface area contributed by atoms with Crippen LogP contribution in [0.2, 0.25) is 0 Å². The van der Waals surface area contributed by atoms with E-state index >= 15 is 0 Å². The maximum Gasteiger partial charge on any atom is 0.251 e. The summed E-state index contributed by atoms with van der Waals surface area (Å²) < 4.78 is 44.6. The molecule has 3 rings (SSSR count). The molecule has 8 heteroatoms. The van der Waals surface area contributed by atoms with Gasteiger partial charge >= 0.3 is 0 Å². The first kappa shape index (κ1) is 20.5. The van der Waals surface area contributed by atoms with Crippen LogP contribution < -0.4 is 10.1 Å². The number of sulfone groups is 1. The molecule has 1 amide bonds. The van der Waals surface area contributed by atoms with Gasteiger partial charge in [0.25, 0.3) is 5.91 Å². The van der Waals surface area contributed by atoms with E-state index in [4.69, 9.17) is 4.74 Å². The Morgan fingerprint density at radius 3 is 2.38 bits per heavy atom. The number of carbonyl (C=O) groups is 1. The van der Waals surface area contributed by atoms with Gasteiger partial charge in [-0.3, -0.25) is 9.78 Å². The minimum atomic E-state index is -3.90. The van der Waals surface area contributed by atoms with Gasteiger partial charge in [-0.2, -0.15) is 0 Å². The normalized spacial score (nSPS) is 12.2. The number of hydrogen-bond donors (Lipinski definition) is 1. The van der Waals surface area contributed by atoms with Crippen LogP contribution in [-0.2, 0) is 9.84 Å². The molecule has 1 aromatic heterocycles. The number of aromatic nitrogens is 1. The summed E-state index contributed by atoms with van der Waals surface area (Å²) in [6, 6.07) is 14.3. The standard InChI is InChI=1S/C21H19FN2O4S/c1-28-18-8-4-15(5-9-18)21(25)24-14-20(16-3-2-12-23-13-16)29(26,27)19-10-6-17(22)7-11-19/h2-13,20H,14H2,1H3,(H,24,25)/t20-/m1/s1. The van der Waals surface area contributed by atoms with E-state index in [1.807, 2.05) is 0 Å². The molecule has 0 saturated heterocycles. The summed E-state index contributed by atoms with van der Waals surface area (Å²) in [4.78, 5) is 16.4. The average Bonchev–Trinajstić information content (AvgIpc) is 2.74. The van der Waals surface area contributed by atoms with Crippen LogP contribution in [0.1, 0.15) is 21.2 Å². The van der Waals surface area contributed by atoms with E-state index in [-0.39, 0.29) is 11.4 Å². The van der Waals surface area contributed by atoms with Crippen molar-refractivity contribution in [2.45, 2.75) is 10.1 Å². The van der Waals surface area contributed by atoms with Crippen LogP contribution >= 0.6 is 0 Å². The average molecular weight is 414 g/mol. The highest BCUT2D eigenvalue weighted by Crippen LogP contribution is 2.28. The molecule has 1 heterocycles. The number of methoxy groups -OCH3 is 1. The number of nitrogens with one attached hydrogen (secondary N) is 1. The summed E-state index contributed by atoms with van der Waals surface area (Å²) in [6.45, 7) is -0.170. The largest absolute Gasteiger partial charge is 0.497 e. The van der Waals surface area contributed by atoms with E-state index in [9.17, 15) is 17.6 Å². The zero-order valence-corrected chi connectivity index (χ0v) is 16.4. The fourth-order valence-corrected chi connectivity index (χ4v) is 4.44. The third-order valence-electron chi connectivity index (χ3n) is 4.37. The Labute approximate surface area is 168 Å².